The number of carbonyl (C=O) groups is 3. The first-order valence-electron chi connectivity index (χ1n) is 7.56. The summed E-state index contributed by atoms with van der Waals surface area (Å²) < 4.78 is 0. The highest BCUT2D eigenvalue weighted by Crippen LogP contribution is 2.11. The predicted octanol–water partition coefficient (Wildman–Crippen LogP) is -0.692. The molecule has 2 saturated heterocycles. The molecule has 126 valence electrons. The Bertz CT molecular complexity index is 446. The van der Waals surface area contributed by atoms with Crippen LogP contribution < -0.4 is 5.32 Å². The van der Waals surface area contributed by atoms with Crippen LogP contribution in [0.25, 0.3) is 0 Å². The molecule has 7 nitrogen and oxygen atoms in total. The number of likely N-dealkylation sites (N-methyl/N-ethyl adjacent to an activating group) is 1. The van der Waals surface area contributed by atoms with Gasteiger partial charge >= 0.3 is 11.8 Å². The molecule has 2 aliphatic heterocycles. The van der Waals surface area contributed by atoms with Gasteiger partial charge in [-0.05, 0) is 20.8 Å². The molecule has 0 radical (unpaired) electrons. The molecular weight excluding hydrogens is 308 g/mol. The summed E-state index contributed by atoms with van der Waals surface area (Å²) >= 11 is 0. The van der Waals surface area contributed by atoms with E-state index in [9.17, 15) is 14.4 Å². The van der Waals surface area contributed by atoms with Crippen molar-refractivity contribution in [3.8, 4) is 0 Å². The van der Waals surface area contributed by atoms with E-state index in [0.717, 1.165) is 6.54 Å². The van der Waals surface area contributed by atoms with Gasteiger partial charge in [0.25, 0.3) is 0 Å². The van der Waals surface area contributed by atoms with Crippen molar-refractivity contribution in [2.24, 2.45) is 0 Å². The van der Waals surface area contributed by atoms with Crippen molar-refractivity contribution in [2.45, 2.75) is 32.9 Å². The smallest absolute Gasteiger partial charge is 0.312 e. The monoisotopic (exact) mass is 332 g/mol. The third-order valence-electron chi connectivity index (χ3n) is 4.46. The normalized spacial score (nSPS) is 26.0. The van der Waals surface area contributed by atoms with E-state index in [1.807, 2.05) is 20.8 Å². The Labute approximate surface area is 137 Å². The molecule has 2 atom stereocenters. The maximum Gasteiger partial charge on any atom is 0.312 e. The number of piperazine rings is 2. The highest BCUT2D eigenvalue weighted by molar-refractivity contribution is 6.35. The number of rotatable bonds is 3. The van der Waals surface area contributed by atoms with Gasteiger partial charge in [0, 0.05) is 44.8 Å². The minimum Gasteiger partial charge on any atom is -0.336 e. The number of nitrogens with one attached hydrogen (secondary N) is 1. The van der Waals surface area contributed by atoms with E-state index in [0.29, 0.717) is 26.2 Å². The summed E-state index contributed by atoms with van der Waals surface area (Å²) in [7, 11) is 0. The van der Waals surface area contributed by atoms with Crippen LogP contribution in [0.3, 0.4) is 0 Å². The van der Waals surface area contributed by atoms with Crippen LogP contribution >= 0.6 is 12.4 Å². The summed E-state index contributed by atoms with van der Waals surface area (Å²) in [6.07, 6.45) is 0. The van der Waals surface area contributed by atoms with Crippen LogP contribution in [0.5, 0.6) is 0 Å². The summed E-state index contributed by atoms with van der Waals surface area (Å²) in [6, 6.07) is 0.325. The second kappa shape index (κ2) is 7.78. The van der Waals surface area contributed by atoms with Gasteiger partial charge in [-0.2, -0.15) is 0 Å². The lowest BCUT2D eigenvalue weighted by Crippen LogP contribution is -2.61. The predicted molar refractivity (Wildman–Crippen MR) is 84.7 cm³/mol. The lowest BCUT2D eigenvalue weighted by Gasteiger charge is -2.40. The van der Waals surface area contributed by atoms with Crippen molar-refractivity contribution in [3.05, 3.63) is 0 Å². The van der Waals surface area contributed by atoms with Crippen LogP contribution in [0.15, 0.2) is 0 Å². The van der Waals surface area contributed by atoms with Gasteiger partial charge in [0.15, 0.2) is 0 Å². The minimum absolute atomic E-state index is 0. The van der Waals surface area contributed by atoms with Gasteiger partial charge in [-0.15, -0.1) is 12.4 Å². The molecule has 2 aliphatic rings. The van der Waals surface area contributed by atoms with Gasteiger partial charge in [0.1, 0.15) is 6.54 Å². The summed E-state index contributed by atoms with van der Waals surface area (Å²) in [5.74, 6) is -1.15. The number of halogens is 1. The Morgan fingerprint density at radius 3 is 2.36 bits per heavy atom. The van der Waals surface area contributed by atoms with E-state index < -0.39 is 11.8 Å². The second-order valence-corrected chi connectivity index (χ2v) is 5.68. The molecule has 0 aromatic carbocycles. The number of amides is 3. The molecule has 2 rings (SSSR count). The highest BCUT2D eigenvalue weighted by atomic mass is 35.5. The van der Waals surface area contributed by atoms with Gasteiger partial charge in [0.05, 0.1) is 0 Å². The fourth-order valence-electron chi connectivity index (χ4n) is 2.83. The first kappa shape index (κ1) is 18.7. The van der Waals surface area contributed by atoms with Gasteiger partial charge < -0.3 is 20.0 Å². The van der Waals surface area contributed by atoms with Gasteiger partial charge in [0.2, 0.25) is 5.91 Å². The Morgan fingerprint density at radius 1 is 1.14 bits per heavy atom. The quantitative estimate of drug-likeness (QED) is 0.694. The van der Waals surface area contributed by atoms with Crippen molar-refractivity contribution in [2.75, 3.05) is 39.3 Å². The summed E-state index contributed by atoms with van der Waals surface area (Å²) in [6.45, 7) is 8.74. The average molecular weight is 333 g/mol. The molecule has 0 aromatic heterocycles. The Balaban J connectivity index is 0.00000242. The summed E-state index contributed by atoms with van der Waals surface area (Å²) in [5, 5.41) is 3.31. The van der Waals surface area contributed by atoms with Crippen molar-refractivity contribution >= 4 is 30.1 Å². The Hall–Kier alpha value is -1.34. The van der Waals surface area contributed by atoms with Gasteiger partial charge in [-0.25, -0.2) is 0 Å². The molecule has 0 bridgehead atoms. The Morgan fingerprint density at radius 2 is 1.73 bits per heavy atom. The van der Waals surface area contributed by atoms with E-state index in [4.69, 9.17) is 0 Å². The zero-order valence-electron chi connectivity index (χ0n) is 13.4. The van der Waals surface area contributed by atoms with Crippen LogP contribution in [-0.2, 0) is 14.4 Å². The molecule has 0 aliphatic carbocycles. The van der Waals surface area contributed by atoms with E-state index in [-0.39, 0.29) is 36.9 Å². The lowest BCUT2D eigenvalue weighted by atomic mass is 10.1. The lowest BCUT2D eigenvalue weighted by molar-refractivity contribution is -0.158. The maximum absolute atomic E-state index is 12.4. The van der Waals surface area contributed by atoms with Crippen LogP contribution in [-0.4, -0.2) is 83.8 Å². The molecule has 2 unspecified atom stereocenters. The zero-order chi connectivity index (χ0) is 15.6. The third kappa shape index (κ3) is 3.70. The number of carbonyl (C=O) groups excluding carboxylic acids is 3. The molecule has 22 heavy (non-hydrogen) atoms. The van der Waals surface area contributed by atoms with Crippen LogP contribution in [0, 0.1) is 0 Å². The van der Waals surface area contributed by atoms with Crippen molar-refractivity contribution in [3.63, 3.8) is 0 Å². The van der Waals surface area contributed by atoms with E-state index >= 15 is 0 Å². The van der Waals surface area contributed by atoms with Crippen LogP contribution in [0.4, 0.5) is 0 Å². The molecule has 2 heterocycles. The fourth-order valence-corrected chi connectivity index (χ4v) is 2.83. The number of nitrogens with zero attached hydrogens (tertiary/aromatic N) is 3. The summed E-state index contributed by atoms with van der Waals surface area (Å²) in [5.41, 5.74) is 0. The SMILES string of the molecule is CCN1CCN(CC(=O)N2CCNC(C)C2C)C(=O)C1=O.Cl. The molecule has 3 amide bonds. The van der Waals surface area contributed by atoms with Crippen molar-refractivity contribution < 1.29 is 14.4 Å². The molecule has 0 saturated carbocycles. The molecule has 2 fully saturated rings. The maximum atomic E-state index is 12.4. The van der Waals surface area contributed by atoms with Gasteiger partial charge in [-0.1, -0.05) is 0 Å². The first-order chi connectivity index (χ1) is 9.95. The highest BCUT2D eigenvalue weighted by Gasteiger charge is 2.35. The minimum atomic E-state index is -0.563. The molecule has 8 heteroatoms. The molecule has 1 N–H and O–H groups in total. The average Bonchev–Trinajstić information content (AvgIpc) is 2.47. The number of hydrogen-bond acceptors (Lipinski definition) is 4. The van der Waals surface area contributed by atoms with Crippen LogP contribution in [0.2, 0.25) is 0 Å². The molecule has 0 spiro atoms. The fraction of sp³-hybridized carbons (Fsp3) is 0.786. The topological polar surface area (TPSA) is 73.0 Å². The van der Waals surface area contributed by atoms with Gasteiger partial charge in [-0.3, -0.25) is 14.4 Å². The largest absolute Gasteiger partial charge is 0.336 e. The number of hydrogen-bond donors (Lipinski definition) is 1. The van der Waals surface area contributed by atoms with E-state index in [1.54, 1.807) is 4.90 Å². The summed E-state index contributed by atoms with van der Waals surface area (Å²) in [4.78, 5) is 40.9. The second-order valence-electron chi connectivity index (χ2n) is 5.68. The third-order valence-corrected chi connectivity index (χ3v) is 4.46. The van der Waals surface area contributed by atoms with Crippen molar-refractivity contribution in [1.29, 1.82) is 0 Å². The van der Waals surface area contributed by atoms with E-state index in [2.05, 4.69) is 5.32 Å². The van der Waals surface area contributed by atoms with E-state index in [1.165, 1.54) is 9.80 Å². The van der Waals surface area contributed by atoms with Crippen LogP contribution in [0.1, 0.15) is 20.8 Å². The molecular formula is C14H25ClN4O3. The Kier molecular flexibility index (Phi) is 6.62. The first-order valence-corrected chi connectivity index (χ1v) is 7.56. The molecule has 0 aromatic rings. The zero-order valence-corrected chi connectivity index (χ0v) is 14.2. The van der Waals surface area contributed by atoms with Crippen molar-refractivity contribution in [1.82, 2.24) is 20.0 Å². The standard InChI is InChI=1S/C14H24N4O3.ClH/c1-4-16-7-8-17(14(21)13(16)20)9-12(19)18-6-5-15-10(2)11(18)3;/h10-11,15H,4-9H2,1-3H3;1H.